The molecule has 0 aliphatic carbocycles. The van der Waals surface area contributed by atoms with E-state index in [9.17, 15) is 4.79 Å². The summed E-state index contributed by atoms with van der Waals surface area (Å²) in [5.74, 6) is 2.05. The molecule has 1 fully saturated rings. The van der Waals surface area contributed by atoms with Crippen LogP contribution in [-0.2, 0) is 11.3 Å². The third-order valence-electron chi connectivity index (χ3n) is 4.35. The van der Waals surface area contributed by atoms with Gasteiger partial charge in [-0.15, -0.1) is 21.5 Å². The Labute approximate surface area is 174 Å². The van der Waals surface area contributed by atoms with Gasteiger partial charge in [0, 0.05) is 6.54 Å². The van der Waals surface area contributed by atoms with Crippen molar-refractivity contribution in [2.24, 2.45) is 5.92 Å². The molecule has 1 N–H and O–H groups in total. The topological polar surface area (TPSA) is 97.0 Å². The van der Waals surface area contributed by atoms with Crippen LogP contribution in [0.1, 0.15) is 25.7 Å². The molecule has 1 aliphatic heterocycles. The maximum absolute atomic E-state index is 12.6. The largest absolute Gasteiger partial charge is 0.338 e. The third kappa shape index (κ3) is 4.77. The Hall–Kier alpha value is -1.82. The average molecular weight is 437 g/mol. The van der Waals surface area contributed by atoms with Gasteiger partial charge in [-0.1, -0.05) is 41.2 Å². The van der Waals surface area contributed by atoms with Crippen molar-refractivity contribution in [2.75, 3.05) is 24.2 Å². The molecule has 3 aromatic heterocycles. The first-order chi connectivity index (χ1) is 13.7. The van der Waals surface area contributed by atoms with Crippen LogP contribution in [0.15, 0.2) is 26.4 Å². The third-order valence-corrected chi connectivity index (χ3v) is 7.07. The maximum Gasteiger partial charge on any atom is 0.241 e. The zero-order valence-electron chi connectivity index (χ0n) is 15.3. The van der Waals surface area contributed by atoms with Gasteiger partial charge in [0.05, 0.1) is 17.3 Å². The Morgan fingerprint density at radius 3 is 3.21 bits per heavy atom. The Morgan fingerprint density at radius 1 is 1.46 bits per heavy atom. The number of thioether (sulfide) groups is 1. The van der Waals surface area contributed by atoms with E-state index in [1.165, 1.54) is 11.3 Å². The molecule has 3 aromatic rings. The molecular weight excluding hydrogens is 416 g/mol. The minimum atomic E-state index is -0.0837. The summed E-state index contributed by atoms with van der Waals surface area (Å²) in [4.78, 5) is 20.3. The van der Waals surface area contributed by atoms with Crippen LogP contribution < -0.4 is 5.32 Å². The second-order valence-corrected chi connectivity index (χ2v) is 9.80. The van der Waals surface area contributed by atoms with Crippen LogP contribution in [0.25, 0.3) is 10.7 Å². The van der Waals surface area contributed by atoms with Gasteiger partial charge < -0.3 is 9.84 Å². The molecule has 148 valence electrons. The monoisotopic (exact) mass is 436 g/mol. The van der Waals surface area contributed by atoms with E-state index < -0.39 is 0 Å². The van der Waals surface area contributed by atoms with Crippen molar-refractivity contribution in [3.63, 3.8) is 0 Å². The molecule has 28 heavy (non-hydrogen) atoms. The van der Waals surface area contributed by atoms with E-state index in [1.54, 1.807) is 23.1 Å². The lowest BCUT2D eigenvalue weighted by Crippen LogP contribution is -2.40. The quantitative estimate of drug-likeness (QED) is 0.443. The van der Waals surface area contributed by atoms with Crippen LogP contribution in [-0.4, -0.2) is 50.0 Å². The van der Waals surface area contributed by atoms with E-state index in [2.05, 4.69) is 37.5 Å². The number of nitrogens with one attached hydrogen (secondary N) is 1. The summed E-state index contributed by atoms with van der Waals surface area (Å²) in [6.07, 6.45) is 1.82. The van der Waals surface area contributed by atoms with E-state index in [1.807, 2.05) is 17.5 Å². The number of amides is 1. The predicted molar refractivity (Wildman–Crippen MR) is 111 cm³/mol. The van der Waals surface area contributed by atoms with Gasteiger partial charge in [0.15, 0.2) is 4.34 Å². The number of thiophene rings is 1. The number of hydrogen-bond acceptors (Lipinski definition) is 10. The summed E-state index contributed by atoms with van der Waals surface area (Å²) in [7, 11) is 0. The molecule has 11 heteroatoms. The number of carbonyl (C=O) groups excluding carboxylic acids is 1. The Bertz CT molecular complexity index is 910. The van der Waals surface area contributed by atoms with Crippen LogP contribution in [0.2, 0.25) is 0 Å². The number of likely N-dealkylation sites (tertiary alicyclic amines) is 1. The molecule has 0 aromatic carbocycles. The van der Waals surface area contributed by atoms with Crippen molar-refractivity contribution in [2.45, 2.75) is 30.6 Å². The number of nitrogens with zero attached hydrogens (tertiary/aromatic N) is 5. The number of aromatic nitrogens is 4. The van der Waals surface area contributed by atoms with Gasteiger partial charge in [0.25, 0.3) is 0 Å². The van der Waals surface area contributed by atoms with Crippen LogP contribution in [0.3, 0.4) is 0 Å². The summed E-state index contributed by atoms with van der Waals surface area (Å²) in [5, 5.41) is 17.7. The molecule has 1 atom stereocenters. The lowest BCUT2D eigenvalue weighted by atomic mass is 9.97. The van der Waals surface area contributed by atoms with Crippen LogP contribution >= 0.6 is 34.4 Å². The van der Waals surface area contributed by atoms with E-state index in [4.69, 9.17) is 4.52 Å². The van der Waals surface area contributed by atoms with Crippen molar-refractivity contribution in [1.82, 2.24) is 25.2 Å². The number of piperidine rings is 1. The molecule has 1 aliphatic rings. The number of hydrogen-bond donors (Lipinski definition) is 1. The number of anilines is 1. The highest BCUT2D eigenvalue weighted by molar-refractivity contribution is 8.01. The standard InChI is InChI=1S/C17H20N6O2S3/c1-2-26-17-21-20-16(28-17)19-15(24)11-5-3-7-23(9-11)10-13-18-14(22-25-13)12-6-4-8-27-12/h4,6,8,11H,2-3,5,7,9-10H2,1H3,(H,19,20,24). The summed E-state index contributed by atoms with van der Waals surface area (Å²) >= 11 is 4.62. The molecule has 0 spiro atoms. The minimum absolute atomic E-state index is 0.00120. The molecule has 4 rings (SSSR count). The molecule has 0 radical (unpaired) electrons. The molecule has 8 nitrogen and oxygen atoms in total. The molecule has 4 heterocycles. The lowest BCUT2D eigenvalue weighted by Gasteiger charge is -2.30. The van der Waals surface area contributed by atoms with Gasteiger partial charge in [-0.25, -0.2) is 0 Å². The maximum atomic E-state index is 12.6. The van der Waals surface area contributed by atoms with E-state index in [-0.39, 0.29) is 11.8 Å². The van der Waals surface area contributed by atoms with Crippen molar-refractivity contribution >= 4 is 45.5 Å². The second kappa shape index (κ2) is 9.12. The number of carbonyl (C=O) groups is 1. The molecule has 1 amide bonds. The van der Waals surface area contributed by atoms with Gasteiger partial charge >= 0.3 is 0 Å². The average Bonchev–Trinajstić information content (AvgIpc) is 3.44. The predicted octanol–water partition coefficient (Wildman–Crippen LogP) is 3.61. The highest BCUT2D eigenvalue weighted by Crippen LogP contribution is 2.27. The van der Waals surface area contributed by atoms with Crippen molar-refractivity contribution in [3.05, 3.63) is 23.4 Å². The fourth-order valence-corrected chi connectivity index (χ4v) is 5.38. The first-order valence-corrected chi connectivity index (χ1v) is 11.8. The second-order valence-electron chi connectivity index (χ2n) is 6.36. The van der Waals surface area contributed by atoms with Crippen molar-refractivity contribution in [1.29, 1.82) is 0 Å². The summed E-state index contributed by atoms with van der Waals surface area (Å²) in [5.41, 5.74) is 0. The molecule has 0 bridgehead atoms. The van der Waals surface area contributed by atoms with Gasteiger partial charge in [0.1, 0.15) is 0 Å². The Morgan fingerprint density at radius 2 is 2.39 bits per heavy atom. The van der Waals surface area contributed by atoms with Gasteiger partial charge in [-0.2, -0.15) is 4.98 Å². The van der Waals surface area contributed by atoms with Crippen molar-refractivity contribution in [3.8, 4) is 10.7 Å². The molecule has 0 saturated carbocycles. The molecule has 1 unspecified atom stereocenters. The molecule has 1 saturated heterocycles. The van der Waals surface area contributed by atoms with Crippen LogP contribution in [0.5, 0.6) is 0 Å². The Balaban J connectivity index is 1.33. The lowest BCUT2D eigenvalue weighted by molar-refractivity contribution is -0.121. The minimum Gasteiger partial charge on any atom is -0.338 e. The highest BCUT2D eigenvalue weighted by atomic mass is 32.2. The van der Waals surface area contributed by atoms with E-state index in [0.717, 1.165) is 34.4 Å². The summed E-state index contributed by atoms with van der Waals surface area (Å²) in [6, 6.07) is 3.93. The van der Waals surface area contributed by atoms with E-state index in [0.29, 0.717) is 29.9 Å². The Kier molecular flexibility index (Phi) is 6.35. The fourth-order valence-electron chi connectivity index (χ4n) is 3.08. The van der Waals surface area contributed by atoms with Crippen molar-refractivity contribution < 1.29 is 9.32 Å². The highest BCUT2D eigenvalue weighted by Gasteiger charge is 2.27. The van der Waals surface area contributed by atoms with Crippen LogP contribution in [0.4, 0.5) is 5.13 Å². The van der Waals surface area contributed by atoms with Crippen LogP contribution in [0, 0.1) is 5.92 Å². The van der Waals surface area contributed by atoms with Gasteiger partial charge in [0.2, 0.25) is 22.8 Å². The first-order valence-electron chi connectivity index (χ1n) is 9.07. The first kappa shape index (κ1) is 19.5. The smallest absolute Gasteiger partial charge is 0.241 e. The zero-order valence-corrected chi connectivity index (χ0v) is 17.8. The SMILES string of the molecule is CCSc1nnc(NC(=O)C2CCCN(Cc3nc(-c4cccs4)no3)C2)s1. The van der Waals surface area contributed by atoms with Gasteiger partial charge in [-0.3, -0.25) is 9.69 Å². The van der Waals surface area contributed by atoms with Gasteiger partial charge in [-0.05, 0) is 36.6 Å². The van der Waals surface area contributed by atoms with E-state index >= 15 is 0 Å². The normalized spacial score (nSPS) is 17.7. The molecular formula is C17H20N6O2S3. The fraction of sp³-hybridized carbons (Fsp3) is 0.471. The summed E-state index contributed by atoms with van der Waals surface area (Å²) < 4.78 is 6.27. The number of rotatable bonds is 7. The zero-order chi connectivity index (χ0) is 19.3. The summed E-state index contributed by atoms with van der Waals surface area (Å²) in [6.45, 7) is 4.19.